The number of carbonyl (C=O) groups excluding carboxylic acids is 3. The Hall–Kier alpha value is -3.59. The number of alkyl carbamates (subject to hydrolysis) is 1. The lowest BCUT2D eigenvalue weighted by molar-refractivity contribution is -0.150. The topological polar surface area (TPSA) is 100 Å². The highest BCUT2D eigenvalue weighted by Crippen LogP contribution is 2.64. The maximum Gasteiger partial charge on any atom is 0.408 e. The van der Waals surface area contributed by atoms with E-state index in [0.29, 0.717) is 5.76 Å². The van der Waals surface area contributed by atoms with E-state index in [9.17, 15) is 14.4 Å². The highest BCUT2D eigenvalue weighted by Gasteiger charge is 2.74. The number of allylic oxidation sites excluding steroid dienone is 1. The first kappa shape index (κ1) is 29.9. The molecule has 4 atom stereocenters. The molecule has 0 spiro atoms. The number of carbonyl (C=O) groups is 3. The van der Waals surface area contributed by atoms with Crippen molar-refractivity contribution in [3.63, 3.8) is 0 Å². The molecule has 1 amide bonds. The predicted octanol–water partition coefficient (Wildman–Crippen LogP) is 6.17. The molecule has 0 radical (unpaired) electrons. The minimum absolute atomic E-state index is 0.0885. The van der Waals surface area contributed by atoms with E-state index in [4.69, 9.17) is 18.6 Å². The molecule has 1 fully saturated rings. The van der Waals surface area contributed by atoms with Crippen LogP contribution in [0, 0.1) is 17.8 Å². The molecule has 0 aromatic heterocycles. The standard InChI is InChI=1S/C33H41NO7Si/c1-8-38-29(35)27-26-25(41-42(6,7)32(3,4)5)18-33(28(26)27,30(36)39-9-2)34-31(37)40-19-24-22-16-12-10-14-20(22)21-15-11-13-17-23(21)24/h10-18,24,26-28H,8-9,19H2,1-7H3,(H,34,37)/t26-,27-,28-,33-/m0/s1. The smallest absolute Gasteiger partial charge is 0.408 e. The molecule has 42 heavy (non-hydrogen) atoms. The zero-order chi connectivity index (χ0) is 30.4. The van der Waals surface area contributed by atoms with Crippen LogP contribution in [0.15, 0.2) is 60.4 Å². The van der Waals surface area contributed by atoms with Crippen molar-refractivity contribution in [3.05, 3.63) is 71.5 Å². The maximum atomic E-state index is 13.6. The van der Waals surface area contributed by atoms with Gasteiger partial charge in [-0.15, -0.1) is 0 Å². The van der Waals surface area contributed by atoms with Crippen LogP contribution in [0.5, 0.6) is 0 Å². The number of ether oxygens (including phenoxy) is 3. The third-order valence-corrected chi connectivity index (χ3v) is 13.6. The van der Waals surface area contributed by atoms with E-state index in [2.05, 4.69) is 51.3 Å². The van der Waals surface area contributed by atoms with Crippen LogP contribution in [0.1, 0.15) is 51.7 Å². The second-order valence-electron chi connectivity index (χ2n) is 12.8. The first-order chi connectivity index (χ1) is 19.9. The van der Waals surface area contributed by atoms with Crippen LogP contribution < -0.4 is 5.32 Å². The van der Waals surface area contributed by atoms with Crippen LogP contribution in [0.3, 0.4) is 0 Å². The average molecular weight is 592 g/mol. The summed E-state index contributed by atoms with van der Waals surface area (Å²) in [6.07, 6.45) is 0.890. The molecule has 1 N–H and O–H groups in total. The Bertz CT molecular complexity index is 1380. The molecule has 9 heteroatoms. The Labute approximate surface area is 248 Å². The van der Waals surface area contributed by atoms with E-state index >= 15 is 0 Å². The zero-order valence-electron chi connectivity index (χ0n) is 25.5. The third-order valence-electron chi connectivity index (χ3n) is 9.25. The summed E-state index contributed by atoms with van der Waals surface area (Å²) in [5, 5.41) is 2.72. The molecule has 0 saturated heterocycles. The van der Waals surface area contributed by atoms with Crippen LogP contribution in [0.4, 0.5) is 4.79 Å². The average Bonchev–Trinajstić information content (AvgIpc) is 3.51. The van der Waals surface area contributed by atoms with Crippen molar-refractivity contribution in [1.82, 2.24) is 5.32 Å². The van der Waals surface area contributed by atoms with Crippen LogP contribution in [-0.2, 0) is 28.2 Å². The predicted molar refractivity (Wildman–Crippen MR) is 161 cm³/mol. The second kappa shape index (κ2) is 10.9. The van der Waals surface area contributed by atoms with Gasteiger partial charge in [0.2, 0.25) is 8.32 Å². The van der Waals surface area contributed by atoms with Gasteiger partial charge in [-0.25, -0.2) is 9.59 Å². The lowest BCUT2D eigenvalue weighted by Gasteiger charge is -2.37. The fraction of sp³-hybridized carbons (Fsp3) is 0.485. The van der Waals surface area contributed by atoms with Crippen molar-refractivity contribution >= 4 is 26.3 Å². The number of esters is 2. The van der Waals surface area contributed by atoms with E-state index in [1.165, 1.54) is 0 Å². The summed E-state index contributed by atoms with van der Waals surface area (Å²) >= 11 is 0. The molecule has 224 valence electrons. The van der Waals surface area contributed by atoms with Crippen molar-refractivity contribution in [1.29, 1.82) is 0 Å². The van der Waals surface area contributed by atoms with Gasteiger partial charge in [0.15, 0.2) is 5.54 Å². The molecule has 8 nitrogen and oxygen atoms in total. The number of hydrogen-bond donors (Lipinski definition) is 1. The number of benzene rings is 2. The highest BCUT2D eigenvalue weighted by molar-refractivity contribution is 6.74. The molecule has 0 aliphatic heterocycles. The van der Waals surface area contributed by atoms with Crippen molar-refractivity contribution < 1.29 is 33.0 Å². The van der Waals surface area contributed by atoms with E-state index in [1.807, 2.05) is 36.4 Å². The van der Waals surface area contributed by atoms with Crippen molar-refractivity contribution in [2.24, 2.45) is 17.8 Å². The van der Waals surface area contributed by atoms with Gasteiger partial charge in [-0.05, 0) is 60.3 Å². The Balaban J connectivity index is 1.43. The fourth-order valence-electron chi connectivity index (χ4n) is 6.14. The van der Waals surface area contributed by atoms with Crippen molar-refractivity contribution in [2.75, 3.05) is 19.8 Å². The summed E-state index contributed by atoms with van der Waals surface area (Å²) in [5.74, 6) is -2.27. The second-order valence-corrected chi connectivity index (χ2v) is 17.5. The molecule has 3 aliphatic carbocycles. The van der Waals surface area contributed by atoms with Crippen LogP contribution in [-0.4, -0.2) is 51.7 Å². The van der Waals surface area contributed by atoms with Gasteiger partial charge in [-0.1, -0.05) is 69.3 Å². The number of rotatable bonds is 9. The van der Waals surface area contributed by atoms with Crippen molar-refractivity contribution in [3.8, 4) is 11.1 Å². The molecule has 0 heterocycles. The maximum absolute atomic E-state index is 13.6. The first-order valence-corrected chi connectivity index (χ1v) is 17.7. The Kier molecular flexibility index (Phi) is 7.76. The Morgan fingerprint density at radius 3 is 2.00 bits per heavy atom. The SMILES string of the molecule is CCOC(=O)[C@H]1[C@@H]2C(O[Si](C)(C)C(C)(C)C)=C[C@@](NC(=O)OCC3c4ccccc4-c4ccccc43)(C(=O)OCC)[C@H]12. The lowest BCUT2D eigenvalue weighted by atomic mass is 9.93. The van der Waals surface area contributed by atoms with E-state index < -0.39 is 49.6 Å². The summed E-state index contributed by atoms with van der Waals surface area (Å²) < 4.78 is 23.3. The van der Waals surface area contributed by atoms with E-state index in [0.717, 1.165) is 22.3 Å². The molecule has 0 unspecified atom stereocenters. The minimum atomic E-state index is -2.34. The summed E-state index contributed by atoms with van der Waals surface area (Å²) in [5.41, 5.74) is 2.80. The van der Waals surface area contributed by atoms with Gasteiger partial charge in [0.1, 0.15) is 6.61 Å². The van der Waals surface area contributed by atoms with Gasteiger partial charge in [0.25, 0.3) is 0 Å². The molecule has 3 aliphatic rings. The van der Waals surface area contributed by atoms with Crippen LogP contribution >= 0.6 is 0 Å². The fourth-order valence-corrected chi connectivity index (χ4v) is 7.23. The van der Waals surface area contributed by atoms with Gasteiger partial charge in [0.05, 0.1) is 24.9 Å². The van der Waals surface area contributed by atoms with E-state index in [1.54, 1.807) is 19.9 Å². The third kappa shape index (κ3) is 5.01. The Morgan fingerprint density at radius 1 is 0.881 bits per heavy atom. The highest BCUT2D eigenvalue weighted by atomic mass is 28.4. The monoisotopic (exact) mass is 591 g/mol. The normalized spacial score (nSPS) is 24.1. The van der Waals surface area contributed by atoms with Crippen molar-refractivity contribution in [2.45, 2.75) is 64.2 Å². The van der Waals surface area contributed by atoms with Gasteiger partial charge in [-0.3, -0.25) is 4.79 Å². The van der Waals surface area contributed by atoms with Gasteiger partial charge >= 0.3 is 18.0 Å². The van der Waals surface area contributed by atoms with Gasteiger partial charge in [-0.2, -0.15) is 0 Å². The largest absolute Gasteiger partial charge is 0.546 e. The number of amides is 1. The van der Waals surface area contributed by atoms with Crippen LogP contribution in [0.2, 0.25) is 18.1 Å². The quantitative estimate of drug-likeness (QED) is 0.211. The summed E-state index contributed by atoms with van der Waals surface area (Å²) in [4.78, 5) is 40.1. The number of fused-ring (bicyclic) bond motifs is 4. The van der Waals surface area contributed by atoms with Crippen LogP contribution in [0.25, 0.3) is 11.1 Å². The van der Waals surface area contributed by atoms with Gasteiger partial charge < -0.3 is 24.0 Å². The molecule has 0 bridgehead atoms. The number of nitrogens with one attached hydrogen (secondary N) is 1. The summed E-state index contributed by atoms with van der Waals surface area (Å²) in [7, 11) is -2.34. The molecular formula is C33H41NO7Si. The zero-order valence-corrected chi connectivity index (χ0v) is 26.5. The number of hydrogen-bond acceptors (Lipinski definition) is 7. The molecule has 5 rings (SSSR count). The summed E-state index contributed by atoms with van der Waals surface area (Å²) in [6.45, 7) is 14.4. The van der Waals surface area contributed by atoms with E-state index in [-0.39, 0.29) is 30.8 Å². The molecular weight excluding hydrogens is 550 g/mol. The van der Waals surface area contributed by atoms with Gasteiger partial charge in [0, 0.05) is 17.8 Å². The first-order valence-electron chi connectivity index (χ1n) is 14.7. The minimum Gasteiger partial charge on any atom is -0.546 e. The molecule has 1 saturated carbocycles. The summed E-state index contributed by atoms with van der Waals surface area (Å²) in [6, 6.07) is 16.2. The molecule has 2 aromatic rings. The lowest BCUT2D eigenvalue weighted by Crippen LogP contribution is -2.56. The Morgan fingerprint density at radius 2 is 1.45 bits per heavy atom. The molecule has 2 aromatic carbocycles.